The van der Waals surface area contributed by atoms with Crippen molar-refractivity contribution in [1.82, 2.24) is 24.7 Å². The molecule has 0 aromatic carbocycles. The highest BCUT2D eigenvalue weighted by Gasteiger charge is 2.41. The van der Waals surface area contributed by atoms with E-state index in [2.05, 4.69) is 29.0 Å². The molecule has 3 aliphatic rings. The molecule has 1 aliphatic heterocycles. The van der Waals surface area contributed by atoms with E-state index in [1.54, 1.807) is 12.3 Å². The molecule has 0 radical (unpaired) electrons. The Morgan fingerprint density at radius 1 is 1.32 bits per heavy atom. The van der Waals surface area contributed by atoms with Gasteiger partial charge in [0.2, 0.25) is 10.0 Å². The van der Waals surface area contributed by atoms with Gasteiger partial charge in [-0.05, 0) is 38.5 Å². The van der Waals surface area contributed by atoms with Gasteiger partial charge in [-0.3, -0.25) is 10.5 Å². The van der Waals surface area contributed by atoms with Crippen LogP contribution in [0.1, 0.15) is 43.1 Å². The smallest absolute Gasteiger partial charge is 0.211 e. The number of hydrogen-bond acceptors (Lipinski definition) is 6. The number of hydrogen-bond donors (Lipinski definition) is 3. The summed E-state index contributed by atoms with van der Waals surface area (Å²) in [5.74, 6) is 1.27. The molecule has 1 saturated carbocycles. The monoisotopic (exact) mass is 446 g/mol. The Hall–Kier alpha value is -2.59. The second kappa shape index (κ2) is 8.16. The molecule has 1 aromatic heterocycles. The van der Waals surface area contributed by atoms with E-state index in [0.29, 0.717) is 37.7 Å². The summed E-state index contributed by atoms with van der Waals surface area (Å²) in [5.41, 5.74) is 3.38. The van der Waals surface area contributed by atoms with Gasteiger partial charge < -0.3 is 15.0 Å². The standard InChI is InChI=1S/C21H30N6O3S/c1-4-23-18(14-19(22)26-9-11-27(12-10-26)31(3,28)29)20-16-13-15(30-21(2)7-8-21)5-6-17(16)24-25-20/h4,13-14,22-23H,1,5-12H2,2-3H3,(H,24,25). The first-order valence-corrected chi connectivity index (χ1v) is 12.4. The number of allylic oxidation sites excluding steroid dienone is 1. The summed E-state index contributed by atoms with van der Waals surface area (Å²) in [6.45, 7) is 7.59. The Kier molecular flexibility index (Phi) is 5.69. The third-order valence-electron chi connectivity index (χ3n) is 5.98. The number of nitrogens with one attached hydrogen (secondary N) is 3. The molecule has 2 heterocycles. The van der Waals surface area contributed by atoms with Gasteiger partial charge in [0.1, 0.15) is 17.1 Å². The highest BCUT2D eigenvalue weighted by atomic mass is 32.2. The van der Waals surface area contributed by atoms with Crippen molar-refractivity contribution in [2.75, 3.05) is 32.4 Å². The number of aromatic nitrogens is 2. The zero-order valence-electron chi connectivity index (χ0n) is 18.1. The molecule has 31 heavy (non-hydrogen) atoms. The summed E-state index contributed by atoms with van der Waals surface area (Å²) in [4.78, 5) is 1.86. The van der Waals surface area contributed by atoms with Crippen molar-refractivity contribution >= 4 is 27.6 Å². The van der Waals surface area contributed by atoms with Crippen LogP contribution in [-0.4, -0.2) is 71.7 Å². The van der Waals surface area contributed by atoms with Crippen LogP contribution in [0.4, 0.5) is 0 Å². The van der Waals surface area contributed by atoms with E-state index in [0.717, 1.165) is 48.4 Å². The highest BCUT2D eigenvalue weighted by Crippen LogP contribution is 2.42. The van der Waals surface area contributed by atoms with Crippen LogP contribution in [0.2, 0.25) is 0 Å². The van der Waals surface area contributed by atoms with E-state index < -0.39 is 10.0 Å². The van der Waals surface area contributed by atoms with Crippen LogP contribution in [0, 0.1) is 5.41 Å². The lowest BCUT2D eigenvalue weighted by Crippen LogP contribution is -2.49. The lowest BCUT2D eigenvalue weighted by molar-refractivity contribution is 0.105. The lowest BCUT2D eigenvalue weighted by Gasteiger charge is -2.34. The molecule has 3 N–H and O–H groups in total. The van der Waals surface area contributed by atoms with Crippen molar-refractivity contribution in [3.8, 4) is 0 Å². The fraction of sp³-hybridized carbons (Fsp3) is 0.524. The molecule has 0 atom stereocenters. The molecule has 10 heteroatoms. The van der Waals surface area contributed by atoms with Gasteiger partial charge in [0.25, 0.3) is 0 Å². The van der Waals surface area contributed by atoms with E-state index in [9.17, 15) is 8.42 Å². The van der Waals surface area contributed by atoms with Crippen LogP contribution in [0.15, 0.2) is 24.6 Å². The summed E-state index contributed by atoms with van der Waals surface area (Å²) in [6.07, 6.45) is 10.4. The van der Waals surface area contributed by atoms with Crippen molar-refractivity contribution in [1.29, 1.82) is 5.41 Å². The number of sulfonamides is 1. The first-order valence-electron chi connectivity index (χ1n) is 10.5. The van der Waals surface area contributed by atoms with Crippen LogP contribution in [-0.2, 0) is 21.2 Å². The predicted octanol–water partition coefficient (Wildman–Crippen LogP) is 1.89. The van der Waals surface area contributed by atoms with Crippen LogP contribution in [0.3, 0.4) is 0 Å². The molecular formula is C21H30N6O3S. The first-order chi connectivity index (χ1) is 14.7. The number of nitrogens with zero attached hydrogens (tertiary/aromatic N) is 3. The summed E-state index contributed by atoms with van der Waals surface area (Å²) < 4.78 is 31.1. The Labute approximate surface area is 183 Å². The van der Waals surface area contributed by atoms with Crippen LogP contribution in [0.25, 0.3) is 11.8 Å². The number of fused-ring (bicyclic) bond motifs is 1. The number of rotatable bonds is 7. The minimum absolute atomic E-state index is 0.0263. The molecule has 4 rings (SSSR count). The molecule has 2 aliphatic carbocycles. The SMILES string of the molecule is C=CNC(=CC(=N)N1CCN(S(C)(=O)=O)CC1)c1n[nH]c2c1C=C(OC1(C)CC1)CC2. The minimum Gasteiger partial charge on any atom is -0.492 e. The minimum atomic E-state index is -3.20. The van der Waals surface area contributed by atoms with Crippen LogP contribution < -0.4 is 5.32 Å². The van der Waals surface area contributed by atoms with Gasteiger partial charge in [-0.2, -0.15) is 9.40 Å². The van der Waals surface area contributed by atoms with Crippen molar-refractivity contribution in [3.05, 3.63) is 41.6 Å². The first kappa shape index (κ1) is 21.6. The summed E-state index contributed by atoms with van der Waals surface area (Å²) in [5, 5.41) is 19.3. The van der Waals surface area contributed by atoms with Gasteiger partial charge in [-0.1, -0.05) is 6.58 Å². The maximum Gasteiger partial charge on any atom is 0.211 e. The number of aryl methyl sites for hydroxylation is 1. The predicted molar refractivity (Wildman–Crippen MR) is 121 cm³/mol. The fourth-order valence-corrected chi connectivity index (χ4v) is 4.70. The molecule has 1 aromatic rings. The maximum absolute atomic E-state index is 11.7. The number of piperazine rings is 1. The second-order valence-corrected chi connectivity index (χ2v) is 10.6. The van der Waals surface area contributed by atoms with Gasteiger partial charge in [0, 0.05) is 49.9 Å². The molecular weight excluding hydrogens is 416 g/mol. The number of H-pyrrole nitrogens is 1. The lowest BCUT2D eigenvalue weighted by atomic mass is 9.99. The highest BCUT2D eigenvalue weighted by molar-refractivity contribution is 7.88. The quantitative estimate of drug-likeness (QED) is 0.435. The third-order valence-corrected chi connectivity index (χ3v) is 7.29. The van der Waals surface area contributed by atoms with Gasteiger partial charge >= 0.3 is 0 Å². The van der Waals surface area contributed by atoms with Crippen molar-refractivity contribution in [2.24, 2.45) is 0 Å². The van der Waals surface area contributed by atoms with E-state index in [4.69, 9.17) is 10.1 Å². The van der Waals surface area contributed by atoms with Gasteiger partial charge in [0.15, 0.2) is 0 Å². The molecule has 2 fully saturated rings. The number of aromatic amines is 1. The zero-order valence-corrected chi connectivity index (χ0v) is 18.9. The molecule has 0 amide bonds. The van der Waals surface area contributed by atoms with Crippen LogP contribution in [0.5, 0.6) is 0 Å². The number of amidine groups is 1. The summed E-state index contributed by atoms with van der Waals surface area (Å²) >= 11 is 0. The Morgan fingerprint density at radius 3 is 2.65 bits per heavy atom. The normalized spacial score (nSPS) is 21.2. The van der Waals surface area contributed by atoms with Crippen molar-refractivity contribution in [2.45, 2.75) is 38.2 Å². The summed E-state index contributed by atoms with van der Waals surface area (Å²) in [7, 11) is -3.20. The zero-order chi connectivity index (χ0) is 22.2. The van der Waals surface area contributed by atoms with Gasteiger partial charge in [-0.15, -0.1) is 0 Å². The molecule has 9 nitrogen and oxygen atoms in total. The maximum atomic E-state index is 11.7. The second-order valence-electron chi connectivity index (χ2n) is 8.57. The van der Waals surface area contributed by atoms with E-state index in [1.807, 2.05) is 11.0 Å². The molecule has 168 valence electrons. The van der Waals surface area contributed by atoms with E-state index in [-0.39, 0.29) is 5.60 Å². The van der Waals surface area contributed by atoms with E-state index >= 15 is 0 Å². The Morgan fingerprint density at radius 2 is 2.03 bits per heavy atom. The molecule has 0 unspecified atom stereocenters. The van der Waals surface area contributed by atoms with Gasteiger partial charge in [-0.25, -0.2) is 8.42 Å². The number of ether oxygens (including phenoxy) is 1. The van der Waals surface area contributed by atoms with Crippen molar-refractivity contribution in [3.63, 3.8) is 0 Å². The largest absolute Gasteiger partial charge is 0.492 e. The average Bonchev–Trinajstić information content (AvgIpc) is 3.30. The topological polar surface area (TPSA) is 114 Å². The third kappa shape index (κ3) is 4.85. The van der Waals surface area contributed by atoms with Crippen LogP contribution >= 0.6 is 0 Å². The molecule has 0 bridgehead atoms. The van der Waals surface area contributed by atoms with Gasteiger partial charge in [0.05, 0.1) is 17.7 Å². The van der Waals surface area contributed by atoms with E-state index in [1.165, 1.54) is 10.6 Å². The fourth-order valence-electron chi connectivity index (χ4n) is 3.87. The summed E-state index contributed by atoms with van der Waals surface area (Å²) in [6, 6.07) is 0. The molecule has 0 spiro atoms. The average molecular weight is 447 g/mol. The Balaban J connectivity index is 1.54. The Bertz CT molecular complexity index is 1040. The van der Waals surface area contributed by atoms with Crippen molar-refractivity contribution < 1.29 is 13.2 Å². The molecule has 1 saturated heterocycles.